The Bertz CT molecular complexity index is 1350. The Morgan fingerprint density at radius 3 is 2.11 bits per heavy atom. The fraction of sp³-hybridized carbons (Fsp3) is 0.111. The van der Waals surface area contributed by atoms with Crippen molar-refractivity contribution >= 4 is 29.4 Å². The summed E-state index contributed by atoms with van der Waals surface area (Å²) >= 11 is 0. The van der Waals surface area contributed by atoms with Gasteiger partial charge in [-0.05, 0) is 59.7 Å². The van der Waals surface area contributed by atoms with Crippen LogP contribution in [0.4, 0.5) is 0 Å². The molecule has 0 spiro atoms. The molecule has 0 saturated heterocycles. The van der Waals surface area contributed by atoms with Gasteiger partial charge in [0.05, 0.1) is 37.0 Å². The van der Waals surface area contributed by atoms with Gasteiger partial charge in [0.25, 0.3) is 11.8 Å². The highest BCUT2D eigenvalue weighted by Crippen LogP contribution is 2.31. The summed E-state index contributed by atoms with van der Waals surface area (Å²) < 4.78 is 15.8. The summed E-state index contributed by atoms with van der Waals surface area (Å²) in [5.41, 5.74) is 2.30. The summed E-state index contributed by atoms with van der Waals surface area (Å²) in [6.45, 7) is -0.494. The van der Waals surface area contributed by atoms with Crippen LogP contribution in [-0.2, 0) is 4.79 Å². The standard InChI is InChI=1S/C27H20N2O6/c1-33-23-12-9-18(14-24(23)34-2)19(15-28)13-17-7-10-20(11-8-17)35-25(30)16-29-26(31)21-5-3-4-6-22(21)27(29)32/h3-14H,16H2,1-2H3/b19-13-. The van der Waals surface area contributed by atoms with E-state index in [0.717, 1.165) is 4.90 Å². The molecule has 0 N–H and O–H groups in total. The third-order valence-corrected chi connectivity index (χ3v) is 5.40. The molecule has 8 nitrogen and oxygen atoms in total. The number of nitrogens with zero attached hydrogens (tertiary/aromatic N) is 2. The SMILES string of the molecule is COc1ccc(/C(C#N)=C\c2ccc(OC(=O)CN3C(=O)c4ccccc4C3=O)cc2)cc1OC. The van der Waals surface area contributed by atoms with E-state index in [4.69, 9.17) is 14.2 Å². The van der Waals surface area contributed by atoms with Crippen molar-refractivity contribution in [1.29, 1.82) is 5.26 Å². The second-order valence-electron chi connectivity index (χ2n) is 7.52. The maximum absolute atomic E-state index is 12.4. The van der Waals surface area contributed by atoms with Gasteiger partial charge in [-0.15, -0.1) is 0 Å². The molecule has 4 rings (SSSR count). The summed E-state index contributed by atoms with van der Waals surface area (Å²) in [5, 5.41) is 9.63. The van der Waals surface area contributed by atoms with Crippen LogP contribution in [0.1, 0.15) is 31.8 Å². The Balaban J connectivity index is 1.44. The number of benzene rings is 3. The van der Waals surface area contributed by atoms with Gasteiger partial charge in [-0.1, -0.05) is 24.3 Å². The number of allylic oxidation sites excluding steroid dienone is 1. The molecule has 0 saturated carbocycles. The topological polar surface area (TPSA) is 106 Å². The number of imide groups is 1. The fourth-order valence-electron chi connectivity index (χ4n) is 3.66. The third kappa shape index (κ3) is 4.75. The molecule has 0 aliphatic carbocycles. The average molecular weight is 468 g/mol. The van der Waals surface area contributed by atoms with Gasteiger partial charge < -0.3 is 14.2 Å². The van der Waals surface area contributed by atoms with E-state index in [-0.39, 0.29) is 16.9 Å². The minimum absolute atomic E-state index is 0.244. The zero-order chi connectivity index (χ0) is 24.9. The maximum Gasteiger partial charge on any atom is 0.331 e. The average Bonchev–Trinajstić information content (AvgIpc) is 3.12. The number of amides is 2. The molecule has 3 aromatic rings. The lowest BCUT2D eigenvalue weighted by atomic mass is 10.0. The van der Waals surface area contributed by atoms with Crippen LogP contribution in [0, 0.1) is 11.3 Å². The number of fused-ring (bicyclic) bond motifs is 1. The van der Waals surface area contributed by atoms with E-state index in [0.29, 0.717) is 28.2 Å². The van der Waals surface area contributed by atoms with Crippen molar-refractivity contribution in [1.82, 2.24) is 4.90 Å². The first-order valence-corrected chi connectivity index (χ1v) is 10.6. The molecule has 1 aliphatic rings. The molecule has 0 unspecified atom stereocenters. The third-order valence-electron chi connectivity index (χ3n) is 5.40. The number of methoxy groups -OCH3 is 2. The zero-order valence-corrected chi connectivity index (χ0v) is 19.0. The lowest BCUT2D eigenvalue weighted by Gasteiger charge is -2.13. The van der Waals surface area contributed by atoms with Crippen LogP contribution in [0.15, 0.2) is 66.7 Å². The van der Waals surface area contributed by atoms with Crippen molar-refractivity contribution in [2.45, 2.75) is 0 Å². The Kier molecular flexibility index (Phi) is 6.60. The summed E-state index contributed by atoms with van der Waals surface area (Å²) in [4.78, 5) is 38.1. The Morgan fingerprint density at radius 1 is 0.914 bits per heavy atom. The van der Waals surface area contributed by atoms with Crippen molar-refractivity contribution in [2.75, 3.05) is 20.8 Å². The van der Waals surface area contributed by atoms with E-state index in [2.05, 4.69) is 6.07 Å². The molecule has 3 aromatic carbocycles. The molecule has 0 aromatic heterocycles. The predicted octanol–water partition coefficient (Wildman–Crippen LogP) is 3.97. The van der Waals surface area contributed by atoms with Gasteiger partial charge in [-0.25, -0.2) is 4.79 Å². The van der Waals surface area contributed by atoms with Gasteiger partial charge in [-0.3, -0.25) is 14.5 Å². The van der Waals surface area contributed by atoms with Gasteiger partial charge >= 0.3 is 5.97 Å². The number of carbonyl (C=O) groups excluding carboxylic acids is 3. The van der Waals surface area contributed by atoms with E-state index >= 15 is 0 Å². The molecule has 0 fully saturated rings. The molecule has 8 heteroatoms. The van der Waals surface area contributed by atoms with Gasteiger partial charge in [0.1, 0.15) is 12.3 Å². The Morgan fingerprint density at radius 2 is 1.54 bits per heavy atom. The van der Waals surface area contributed by atoms with Crippen LogP contribution in [0.5, 0.6) is 17.2 Å². The molecule has 0 atom stereocenters. The molecule has 174 valence electrons. The van der Waals surface area contributed by atoms with Gasteiger partial charge in [0.2, 0.25) is 0 Å². The molecule has 0 radical (unpaired) electrons. The highest BCUT2D eigenvalue weighted by molar-refractivity contribution is 6.22. The zero-order valence-electron chi connectivity index (χ0n) is 19.0. The van der Waals surface area contributed by atoms with Crippen LogP contribution < -0.4 is 14.2 Å². The molecule has 35 heavy (non-hydrogen) atoms. The lowest BCUT2D eigenvalue weighted by molar-refractivity contribution is -0.134. The van der Waals surface area contributed by atoms with Gasteiger partial charge in [0.15, 0.2) is 11.5 Å². The highest BCUT2D eigenvalue weighted by atomic mass is 16.5. The van der Waals surface area contributed by atoms with E-state index in [1.165, 1.54) is 14.2 Å². The lowest BCUT2D eigenvalue weighted by Crippen LogP contribution is -2.36. The maximum atomic E-state index is 12.4. The van der Waals surface area contributed by atoms with Gasteiger partial charge in [-0.2, -0.15) is 5.26 Å². The quantitative estimate of drug-likeness (QED) is 0.170. The Labute approximate surface area is 201 Å². The molecular weight excluding hydrogens is 448 g/mol. The van der Waals surface area contributed by atoms with E-state index in [9.17, 15) is 19.6 Å². The number of hydrogen-bond donors (Lipinski definition) is 0. The second-order valence-corrected chi connectivity index (χ2v) is 7.52. The van der Waals surface area contributed by atoms with Crippen molar-refractivity contribution in [3.8, 4) is 23.3 Å². The smallest absolute Gasteiger partial charge is 0.331 e. The number of hydrogen-bond acceptors (Lipinski definition) is 7. The Hall–Kier alpha value is -4.90. The first kappa shape index (κ1) is 23.3. The monoisotopic (exact) mass is 468 g/mol. The predicted molar refractivity (Wildman–Crippen MR) is 127 cm³/mol. The summed E-state index contributed by atoms with van der Waals surface area (Å²) in [6, 6.07) is 20.3. The van der Waals surface area contributed by atoms with Crippen LogP contribution in [0.25, 0.3) is 11.6 Å². The van der Waals surface area contributed by atoms with Crippen LogP contribution >= 0.6 is 0 Å². The largest absolute Gasteiger partial charge is 0.493 e. The molecule has 0 bridgehead atoms. The number of nitriles is 1. The summed E-state index contributed by atoms with van der Waals surface area (Å²) in [7, 11) is 3.05. The van der Waals surface area contributed by atoms with Crippen LogP contribution in [0.2, 0.25) is 0 Å². The van der Waals surface area contributed by atoms with Crippen LogP contribution in [0.3, 0.4) is 0 Å². The number of carbonyl (C=O) groups is 3. The first-order chi connectivity index (χ1) is 16.9. The number of ether oxygens (including phenoxy) is 3. The van der Waals surface area contributed by atoms with Crippen LogP contribution in [-0.4, -0.2) is 43.4 Å². The van der Waals surface area contributed by atoms with Crippen molar-refractivity contribution in [3.63, 3.8) is 0 Å². The second kappa shape index (κ2) is 9.93. The summed E-state index contributed by atoms with van der Waals surface area (Å²) in [6.07, 6.45) is 1.69. The normalized spacial score (nSPS) is 12.7. The van der Waals surface area contributed by atoms with Crippen molar-refractivity contribution < 1.29 is 28.6 Å². The summed E-state index contributed by atoms with van der Waals surface area (Å²) in [5.74, 6) is -0.490. The number of rotatable bonds is 7. The van der Waals surface area contributed by atoms with Gasteiger partial charge in [0, 0.05) is 0 Å². The molecule has 2 amide bonds. The van der Waals surface area contributed by atoms with E-state index < -0.39 is 24.3 Å². The molecule has 1 aliphatic heterocycles. The van der Waals surface area contributed by atoms with E-state index in [1.54, 1.807) is 72.8 Å². The fourth-order valence-corrected chi connectivity index (χ4v) is 3.66. The van der Waals surface area contributed by atoms with Crippen molar-refractivity contribution in [3.05, 3.63) is 89.0 Å². The minimum atomic E-state index is -0.745. The van der Waals surface area contributed by atoms with Crippen molar-refractivity contribution in [2.24, 2.45) is 0 Å². The minimum Gasteiger partial charge on any atom is -0.493 e. The highest BCUT2D eigenvalue weighted by Gasteiger charge is 2.36. The number of esters is 1. The first-order valence-electron chi connectivity index (χ1n) is 10.6. The van der Waals surface area contributed by atoms with E-state index in [1.807, 2.05) is 0 Å². The molecule has 1 heterocycles. The molecular formula is C27H20N2O6.